The standard InChI is InChI=1S/C50H40N2/c1-51(46-19-11-18-41(20-29-46)38-12-5-2-6-13-38)47-30-21-44(22-31-47)45-27-36-50(37-28-45)52(48-32-23-42(24-33-48)39-14-7-3-8-15-39)49-34-25-43(26-35-49)40-16-9-4-10-17-40/h2-18,20-37H,19H2,1H3. The van der Waals surface area contributed by atoms with Gasteiger partial charge in [0.2, 0.25) is 0 Å². The molecule has 0 amide bonds. The number of anilines is 4. The predicted octanol–water partition coefficient (Wildman–Crippen LogP) is 13.5. The summed E-state index contributed by atoms with van der Waals surface area (Å²) in [4.78, 5) is 4.61. The highest BCUT2D eigenvalue weighted by Crippen LogP contribution is 2.38. The monoisotopic (exact) mass is 668 g/mol. The lowest BCUT2D eigenvalue weighted by Gasteiger charge is -2.26. The largest absolute Gasteiger partial charge is 0.348 e. The number of rotatable bonds is 9. The fraction of sp³-hybridized carbons (Fsp3) is 0.0400. The zero-order valence-corrected chi connectivity index (χ0v) is 29.3. The number of allylic oxidation sites excluding steroid dienone is 5. The van der Waals surface area contributed by atoms with Crippen molar-refractivity contribution in [3.05, 3.63) is 224 Å². The second-order valence-electron chi connectivity index (χ2n) is 13.1. The van der Waals surface area contributed by atoms with Gasteiger partial charge >= 0.3 is 0 Å². The summed E-state index contributed by atoms with van der Waals surface area (Å²) < 4.78 is 0. The van der Waals surface area contributed by atoms with Gasteiger partial charge in [0.15, 0.2) is 0 Å². The summed E-state index contributed by atoms with van der Waals surface area (Å²) in [6, 6.07) is 67.2. The van der Waals surface area contributed by atoms with Gasteiger partial charge in [-0.3, -0.25) is 0 Å². The van der Waals surface area contributed by atoms with Crippen molar-refractivity contribution < 1.29 is 0 Å². The van der Waals surface area contributed by atoms with Crippen LogP contribution in [-0.4, -0.2) is 7.05 Å². The van der Waals surface area contributed by atoms with E-state index in [0.717, 1.165) is 23.5 Å². The molecule has 7 aromatic rings. The number of hydrogen-bond acceptors (Lipinski definition) is 2. The smallest absolute Gasteiger partial charge is 0.0462 e. The van der Waals surface area contributed by atoms with Crippen LogP contribution in [0.1, 0.15) is 12.0 Å². The number of nitrogens with zero attached hydrogens (tertiary/aromatic N) is 2. The molecule has 0 saturated heterocycles. The Bertz CT molecular complexity index is 2240. The van der Waals surface area contributed by atoms with Crippen molar-refractivity contribution >= 4 is 28.3 Å². The summed E-state index contributed by atoms with van der Waals surface area (Å²) in [5, 5.41) is 0. The first-order chi connectivity index (χ1) is 25.7. The molecule has 2 heteroatoms. The molecule has 2 nitrogen and oxygen atoms in total. The fourth-order valence-corrected chi connectivity index (χ4v) is 6.85. The summed E-state index contributed by atoms with van der Waals surface area (Å²) >= 11 is 0. The quantitative estimate of drug-likeness (QED) is 0.151. The summed E-state index contributed by atoms with van der Waals surface area (Å²) in [6.45, 7) is 0. The SMILES string of the molecule is CN(C1=CC=C(c2ccccc2)C=CC1)c1ccc(-c2ccc(N(c3ccc(-c4ccccc4)cc3)c3ccc(-c4ccccc4)cc3)cc2)cc1. The highest BCUT2D eigenvalue weighted by Gasteiger charge is 2.14. The number of benzene rings is 7. The first-order valence-electron chi connectivity index (χ1n) is 17.9. The van der Waals surface area contributed by atoms with E-state index in [-0.39, 0.29) is 0 Å². The van der Waals surface area contributed by atoms with Gasteiger partial charge in [-0.15, -0.1) is 0 Å². The van der Waals surface area contributed by atoms with Crippen molar-refractivity contribution in [1.82, 2.24) is 0 Å². The van der Waals surface area contributed by atoms with Gasteiger partial charge in [0.05, 0.1) is 0 Å². The molecule has 0 N–H and O–H groups in total. The van der Waals surface area contributed by atoms with Crippen molar-refractivity contribution in [3.8, 4) is 33.4 Å². The Morgan fingerprint density at radius 3 is 1.10 bits per heavy atom. The van der Waals surface area contributed by atoms with E-state index in [2.05, 4.69) is 229 Å². The molecule has 0 heterocycles. The van der Waals surface area contributed by atoms with E-state index >= 15 is 0 Å². The molecule has 0 aromatic heterocycles. The van der Waals surface area contributed by atoms with Crippen LogP contribution in [0.15, 0.2) is 218 Å². The van der Waals surface area contributed by atoms with E-state index in [0.29, 0.717) is 0 Å². The second kappa shape index (κ2) is 15.1. The lowest BCUT2D eigenvalue weighted by atomic mass is 10.0. The van der Waals surface area contributed by atoms with E-state index in [1.54, 1.807) is 0 Å². The van der Waals surface area contributed by atoms with Crippen LogP contribution in [0.2, 0.25) is 0 Å². The fourth-order valence-electron chi connectivity index (χ4n) is 6.85. The summed E-state index contributed by atoms with van der Waals surface area (Å²) in [5.74, 6) is 0. The Balaban J connectivity index is 1.05. The molecule has 52 heavy (non-hydrogen) atoms. The summed E-state index contributed by atoms with van der Waals surface area (Å²) in [7, 11) is 2.15. The van der Waals surface area contributed by atoms with Crippen molar-refractivity contribution in [2.75, 3.05) is 16.8 Å². The zero-order valence-electron chi connectivity index (χ0n) is 29.3. The van der Waals surface area contributed by atoms with Gasteiger partial charge in [0.1, 0.15) is 0 Å². The van der Waals surface area contributed by atoms with Crippen molar-refractivity contribution in [2.24, 2.45) is 0 Å². The second-order valence-corrected chi connectivity index (χ2v) is 13.1. The molecule has 1 aliphatic rings. The molecule has 8 rings (SSSR count). The maximum atomic E-state index is 2.33. The third-order valence-corrected chi connectivity index (χ3v) is 9.80. The minimum Gasteiger partial charge on any atom is -0.348 e. The maximum Gasteiger partial charge on any atom is 0.0462 e. The molecule has 0 spiro atoms. The zero-order chi connectivity index (χ0) is 35.1. The lowest BCUT2D eigenvalue weighted by molar-refractivity contribution is 1.03. The molecule has 0 unspecified atom stereocenters. The van der Waals surface area contributed by atoms with E-state index in [4.69, 9.17) is 0 Å². The van der Waals surface area contributed by atoms with Gasteiger partial charge in [0.25, 0.3) is 0 Å². The normalized spacial score (nSPS) is 12.4. The van der Waals surface area contributed by atoms with E-state index in [9.17, 15) is 0 Å². The average Bonchev–Trinajstić information content (AvgIpc) is 3.49. The molecule has 0 bridgehead atoms. The van der Waals surface area contributed by atoms with Crippen molar-refractivity contribution in [2.45, 2.75) is 6.42 Å². The Hall–Kier alpha value is -6.64. The van der Waals surface area contributed by atoms with Crippen LogP contribution >= 0.6 is 0 Å². The van der Waals surface area contributed by atoms with Crippen LogP contribution in [0.4, 0.5) is 22.7 Å². The Kier molecular flexibility index (Phi) is 9.44. The molecule has 0 fully saturated rings. The first-order valence-corrected chi connectivity index (χ1v) is 17.9. The highest BCUT2D eigenvalue weighted by molar-refractivity contribution is 5.81. The first kappa shape index (κ1) is 32.6. The molecule has 0 radical (unpaired) electrons. The summed E-state index contributed by atoms with van der Waals surface area (Å²) in [5.41, 5.74) is 15.4. The van der Waals surface area contributed by atoms with Crippen molar-refractivity contribution in [3.63, 3.8) is 0 Å². The van der Waals surface area contributed by atoms with E-state index in [1.165, 1.54) is 55.9 Å². The third-order valence-electron chi connectivity index (χ3n) is 9.80. The lowest BCUT2D eigenvalue weighted by Crippen LogP contribution is -2.15. The van der Waals surface area contributed by atoms with Gasteiger partial charge in [-0.2, -0.15) is 0 Å². The minimum absolute atomic E-state index is 0.882. The Morgan fingerprint density at radius 1 is 0.346 bits per heavy atom. The van der Waals surface area contributed by atoms with Crippen LogP contribution in [0, 0.1) is 0 Å². The molecular weight excluding hydrogens is 629 g/mol. The molecule has 250 valence electrons. The topological polar surface area (TPSA) is 6.48 Å². The van der Waals surface area contributed by atoms with E-state index < -0.39 is 0 Å². The van der Waals surface area contributed by atoms with Crippen LogP contribution in [-0.2, 0) is 0 Å². The van der Waals surface area contributed by atoms with Crippen LogP contribution in [0.5, 0.6) is 0 Å². The van der Waals surface area contributed by atoms with Crippen LogP contribution in [0.3, 0.4) is 0 Å². The molecule has 0 aliphatic heterocycles. The third kappa shape index (κ3) is 7.14. The van der Waals surface area contributed by atoms with Gasteiger partial charge in [-0.05, 0) is 99.1 Å². The van der Waals surface area contributed by atoms with Crippen molar-refractivity contribution in [1.29, 1.82) is 0 Å². The molecule has 1 aliphatic carbocycles. The number of hydrogen-bond donors (Lipinski definition) is 0. The van der Waals surface area contributed by atoms with Gasteiger partial charge < -0.3 is 9.80 Å². The van der Waals surface area contributed by atoms with Gasteiger partial charge in [0, 0.05) is 41.9 Å². The predicted molar refractivity (Wildman–Crippen MR) is 222 cm³/mol. The van der Waals surface area contributed by atoms with Crippen LogP contribution < -0.4 is 9.80 Å². The molecular formula is C50H40N2. The molecule has 0 saturated carbocycles. The average molecular weight is 669 g/mol. The Labute approximate surface area is 307 Å². The molecule has 0 atom stereocenters. The van der Waals surface area contributed by atoms with Crippen LogP contribution in [0.25, 0.3) is 39.0 Å². The van der Waals surface area contributed by atoms with Gasteiger partial charge in [-0.25, -0.2) is 0 Å². The van der Waals surface area contributed by atoms with E-state index in [1.807, 2.05) is 0 Å². The highest BCUT2D eigenvalue weighted by atomic mass is 15.1. The maximum absolute atomic E-state index is 2.33. The summed E-state index contributed by atoms with van der Waals surface area (Å²) in [6.07, 6.45) is 9.82. The molecule has 7 aromatic carbocycles. The Morgan fingerprint density at radius 2 is 0.692 bits per heavy atom. The minimum atomic E-state index is 0.882. The van der Waals surface area contributed by atoms with Gasteiger partial charge in [-0.1, -0.05) is 158 Å².